The summed E-state index contributed by atoms with van der Waals surface area (Å²) in [4.78, 5) is 0.283. The molecule has 0 spiro atoms. The first kappa shape index (κ1) is 20.7. The number of aryl methyl sites for hydroxylation is 1. The second kappa shape index (κ2) is 7.96. The molecular weight excluding hydrogens is 372 g/mol. The molecule has 5 nitrogen and oxygen atoms in total. The predicted octanol–water partition coefficient (Wildman–Crippen LogP) is 3.57. The molecule has 1 heterocycles. The number of benzene rings is 2. The van der Waals surface area contributed by atoms with Crippen LogP contribution in [-0.4, -0.2) is 32.4 Å². The summed E-state index contributed by atoms with van der Waals surface area (Å²) in [5.74, 6) is 1.34. The maximum atomic E-state index is 12.8. The molecule has 26 heavy (non-hydrogen) atoms. The van der Waals surface area contributed by atoms with E-state index < -0.39 is 10.0 Å². The molecule has 2 N–H and O–H groups in total. The Morgan fingerprint density at radius 3 is 2.42 bits per heavy atom. The lowest BCUT2D eigenvalue weighted by molar-refractivity contribution is 0.349. The molecule has 2 aromatic carbocycles. The summed E-state index contributed by atoms with van der Waals surface area (Å²) in [6.07, 6.45) is 0.789. The predicted molar refractivity (Wildman–Crippen MR) is 105 cm³/mol. The van der Waals surface area contributed by atoms with Crippen LogP contribution in [0, 0.1) is 12.3 Å². The Bertz CT molecular complexity index is 855. The van der Waals surface area contributed by atoms with Gasteiger partial charge in [-0.1, -0.05) is 19.1 Å². The minimum absolute atomic E-state index is 0. The molecule has 0 amide bonds. The zero-order valence-electron chi connectivity index (χ0n) is 15.0. The summed E-state index contributed by atoms with van der Waals surface area (Å²) in [5.41, 5.74) is 6.75. The second-order valence-corrected chi connectivity index (χ2v) is 8.93. The fourth-order valence-electron chi connectivity index (χ4n) is 2.99. The van der Waals surface area contributed by atoms with Gasteiger partial charge < -0.3 is 10.5 Å². The number of hydrogen-bond donors (Lipinski definition) is 1. The summed E-state index contributed by atoms with van der Waals surface area (Å²) >= 11 is 0. The number of sulfonamides is 1. The highest BCUT2D eigenvalue weighted by Crippen LogP contribution is 2.33. The van der Waals surface area contributed by atoms with E-state index in [4.69, 9.17) is 10.5 Å². The van der Waals surface area contributed by atoms with Gasteiger partial charge in [0.2, 0.25) is 10.0 Å². The Kier molecular flexibility index (Phi) is 6.34. The molecule has 0 saturated carbocycles. The molecule has 3 rings (SSSR count). The highest BCUT2D eigenvalue weighted by Gasteiger charge is 2.38. The first-order valence-electron chi connectivity index (χ1n) is 8.37. The zero-order chi connectivity index (χ0) is 18.1. The molecular formula is C19H25ClN2O3S. The largest absolute Gasteiger partial charge is 0.457 e. The number of nitrogens with two attached hydrogens (primary N) is 1. The van der Waals surface area contributed by atoms with Gasteiger partial charge in [-0.25, -0.2) is 8.42 Å². The first-order valence-corrected chi connectivity index (χ1v) is 9.81. The van der Waals surface area contributed by atoms with Crippen LogP contribution < -0.4 is 10.5 Å². The quantitative estimate of drug-likeness (QED) is 0.838. The Morgan fingerprint density at radius 2 is 1.85 bits per heavy atom. The second-order valence-electron chi connectivity index (χ2n) is 6.99. The van der Waals surface area contributed by atoms with Gasteiger partial charge in [0.1, 0.15) is 11.5 Å². The van der Waals surface area contributed by atoms with Gasteiger partial charge >= 0.3 is 0 Å². The van der Waals surface area contributed by atoms with Crippen molar-refractivity contribution in [3.05, 3.63) is 54.1 Å². The van der Waals surface area contributed by atoms with Crippen molar-refractivity contribution >= 4 is 22.4 Å². The minimum Gasteiger partial charge on any atom is -0.457 e. The van der Waals surface area contributed by atoms with E-state index in [2.05, 4.69) is 0 Å². The molecule has 7 heteroatoms. The number of halogens is 1. The van der Waals surface area contributed by atoms with Gasteiger partial charge in [0.15, 0.2) is 0 Å². The van der Waals surface area contributed by atoms with Gasteiger partial charge in [-0.15, -0.1) is 12.4 Å². The standard InChI is InChI=1S/C19H24N2O3S.ClH/c1-15-4-3-5-17(12-15)24-16-6-8-18(9-7-16)25(22,23)21-11-10-19(2,13-20)14-21;/h3-9,12H,10-11,13-14,20H2,1-2H3;1H. The first-order chi connectivity index (χ1) is 11.8. The molecule has 1 unspecified atom stereocenters. The average Bonchev–Trinajstić information content (AvgIpc) is 2.99. The molecule has 0 radical (unpaired) electrons. The molecule has 0 aliphatic carbocycles. The van der Waals surface area contributed by atoms with Crippen LogP contribution >= 0.6 is 12.4 Å². The van der Waals surface area contributed by atoms with Crippen molar-refractivity contribution < 1.29 is 13.2 Å². The third-order valence-corrected chi connectivity index (χ3v) is 6.56. The van der Waals surface area contributed by atoms with E-state index in [0.717, 1.165) is 17.7 Å². The van der Waals surface area contributed by atoms with Crippen LogP contribution in [0.25, 0.3) is 0 Å². The van der Waals surface area contributed by atoms with Crippen LogP contribution in [0.1, 0.15) is 18.9 Å². The molecule has 1 aliphatic heterocycles. The molecule has 1 saturated heterocycles. The molecule has 2 aromatic rings. The van der Waals surface area contributed by atoms with Crippen LogP contribution in [0.15, 0.2) is 53.4 Å². The van der Waals surface area contributed by atoms with Gasteiger partial charge in [-0.2, -0.15) is 4.31 Å². The van der Waals surface area contributed by atoms with E-state index in [9.17, 15) is 8.42 Å². The van der Waals surface area contributed by atoms with Crippen molar-refractivity contribution in [2.75, 3.05) is 19.6 Å². The highest BCUT2D eigenvalue weighted by molar-refractivity contribution is 7.89. The summed E-state index contributed by atoms with van der Waals surface area (Å²) in [7, 11) is -3.49. The van der Waals surface area contributed by atoms with Crippen molar-refractivity contribution in [2.45, 2.75) is 25.2 Å². The molecule has 142 valence electrons. The lowest BCUT2D eigenvalue weighted by Gasteiger charge is -2.22. The Labute approximate surface area is 161 Å². The van der Waals surface area contributed by atoms with Crippen molar-refractivity contribution in [3.63, 3.8) is 0 Å². The maximum Gasteiger partial charge on any atom is 0.243 e. The number of nitrogens with zero attached hydrogens (tertiary/aromatic N) is 1. The Morgan fingerprint density at radius 1 is 1.15 bits per heavy atom. The molecule has 1 aliphatic rings. The molecule has 1 atom stereocenters. The van der Waals surface area contributed by atoms with Gasteiger partial charge in [0, 0.05) is 13.1 Å². The van der Waals surface area contributed by atoms with Crippen molar-refractivity contribution in [1.82, 2.24) is 4.31 Å². The van der Waals surface area contributed by atoms with Crippen LogP contribution in [0.2, 0.25) is 0 Å². The molecule has 1 fully saturated rings. The third kappa shape index (κ3) is 4.38. The maximum absolute atomic E-state index is 12.8. The number of hydrogen-bond acceptors (Lipinski definition) is 4. The number of rotatable bonds is 5. The van der Waals surface area contributed by atoms with Crippen molar-refractivity contribution in [2.24, 2.45) is 11.1 Å². The fourth-order valence-corrected chi connectivity index (χ4v) is 4.59. The van der Waals surface area contributed by atoms with E-state index >= 15 is 0 Å². The van der Waals surface area contributed by atoms with E-state index in [1.165, 1.54) is 4.31 Å². The fraction of sp³-hybridized carbons (Fsp3) is 0.368. The van der Waals surface area contributed by atoms with Gasteiger partial charge in [-0.05, 0) is 67.3 Å². The monoisotopic (exact) mass is 396 g/mol. The van der Waals surface area contributed by atoms with Gasteiger partial charge in [0.05, 0.1) is 4.90 Å². The Balaban J connectivity index is 0.00000243. The molecule has 0 aromatic heterocycles. The minimum atomic E-state index is -3.49. The van der Waals surface area contributed by atoms with Crippen molar-refractivity contribution in [1.29, 1.82) is 0 Å². The lowest BCUT2D eigenvalue weighted by Crippen LogP contribution is -2.34. The normalized spacial score (nSPS) is 20.6. The van der Waals surface area contributed by atoms with Gasteiger partial charge in [-0.3, -0.25) is 0 Å². The van der Waals surface area contributed by atoms with E-state index in [-0.39, 0.29) is 22.7 Å². The Hall–Kier alpha value is -1.60. The van der Waals surface area contributed by atoms with Crippen molar-refractivity contribution in [3.8, 4) is 11.5 Å². The SMILES string of the molecule is Cc1cccc(Oc2ccc(S(=O)(=O)N3CCC(C)(CN)C3)cc2)c1.Cl. The molecule has 0 bridgehead atoms. The summed E-state index contributed by atoms with van der Waals surface area (Å²) in [6, 6.07) is 14.3. The third-order valence-electron chi connectivity index (χ3n) is 4.70. The summed E-state index contributed by atoms with van der Waals surface area (Å²) in [6.45, 7) is 5.49. The van der Waals surface area contributed by atoms with Crippen LogP contribution in [0.5, 0.6) is 11.5 Å². The highest BCUT2D eigenvalue weighted by atomic mass is 35.5. The smallest absolute Gasteiger partial charge is 0.243 e. The van der Waals surface area contributed by atoms with E-state index in [0.29, 0.717) is 25.4 Å². The van der Waals surface area contributed by atoms with E-state index in [1.807, 2.05) is 38.1 Å². The van der Waals surface area contributed by atoms with Gasteiger partial charge in [0.25, 0.3) is 0 Å². The van der Waals surface area contributed by atoms with Crippen LogP contribution in [0.4, 0.5) is 0 Å². The average molecular weight is 397 g/mol. The van der Waals surface area contributed by atoms with Crippen LogP contribution in [-0.2, 0) is 10.0 Å². The van der Waals surface area contributed by atoms with E-state index in [1.54, 1.807) is 24.3 Å². The summed E-state index contributed by atoms with van der Waals surface area (Å²) in [5, 5.41) is 0. The number of ether oxygens (including phenoxy) is 1. The lowest BCUT2D eigenvalue weighted by atomic mass is 9.90. The van der Waals surface area contributed by atoms with Crippen LogP contribution in [0.3, 0.4) is 0 Å². The zero-order valence-corrected chi connectivity index (χ0v) is 16.6. The topological polar surface area (TPSA) is 72.6 Å². The summed E-state index contributed by atoms with van der Waals surface area (Å²) < 4.78 is 32.9.